The van der Waals surface area contributed by atoms with Crippen LogP contribution in [-0.2, 0) is 16.7 Å². The summed E-state index contributed by atoms with van der Waals surface area (Å²) in [5.41, 5.74) is -0.234. The number of hydrogen-bond donors (Lipinski definition) is 1. The molecule has 1 amide bonds. The van der Waals surface area contributed by atoms with Gasteiger partial charge < -0.3 is 10.1 Å². The minimum absolute atomic E-state index is 0.0703. The number of carbonyl (C=O) groups excluding carboxylic acids is 1. The first kappa shape index (κ1) is 27.4. The van der Waals surface area contributed by atoms with E-state index in [4.69, 9.17) is 4.74 Å². The largest absolute Gasteiger partial charge is 0.436 e. The smallest absolute Gasteiger partial charge is 0.426 e. The molecule has 1 unspecified atom stereocenters. The maximum absolute atomic E-state index is 14.4. The van der Waals surface area contributed by atoms with Gasteiger partial charge in [-0.05, 0) is 84.2 Å². The molecular weight excluding hydrogens is 482 g/mol. The van der Waals surface area contributed by atoms with Crippen LogP contribution in [0.15, 0.2) is 30.5 Å². The summed E-state index contributed by atoms with van der Waals surface area (Å²) in [6.45, 7) is 9.56. The van der Waals surface area contributed by atoms with Crippen LogP contribution in [0, 0.1) is 17.5 Å². The van der Waals surface area contributed by atoms with Crippen molar-refractivity contribution in [2.24, 2.45) is 5.41 Å². The normalized spacial score (nSPS) is 20.3. The molecule has 0 aromatic carbocycles. The highest BCUT2D eigenvalue weighted by molar-refractivity contribution is 7.10. The Bertz CT molecular complexity index is 1010. The zero-order valence-corrected chi connectivity index (χ0v) is 21.5. The second kappa shape index (κ2) is 10.4. The van der Waals surface area contributed by atoms with Gasteiger partial charge in [0.2, 0.25) is 6.10 Å². The summed E-state index contributed by atoms with van der Waals surface area (Å²) in [7, 11) is 0. The predicted octanol–water partition coefficient (Wildman–Crippen LogP) is 6.22. The molecule has 194 valence electrons. The monoisotopic (exact) mass is 515 g/mol. The van der Waals surface area contributed by atoms with E-state index >= 15 is 0 Å². The number of carbonyl (C=O) groups is 1. The number of pyridine rings is 1. The molecule has 35 heavy (non-hydrogen) atoms. The second-order valence-corrected chi connectivity index (χ2v) is 11.2. The highest BCUT2D eigenvalue weighted by Crippen LogP contribution is 2.49. The van der Waals surface area contributed by atoms with E-state index in [1.165, 1.54) is 6.07 Å². The van der Waals surface area contributed by atoms with Gasteiger partial charge in [0.05, 0.1) is 0 Å². The van der Waals surface area contributed by atoms with E-state index in [-0.39, 0.29) is 37.0 Å². The fourth-order valence-electron chi connectivity index (χ4n) is 4.71. The third kappa shape index (κ3) is 6.52. The minimum atomic E-state index is -4.76. The number of amides is 1. The molecule has 1 aliphatic rings. The quantitative estimate of drug-likeness (QED) is 0.425. The SMILES string of the molecule is Cc1ccc(C(C)(C)N2CCC(CCc3ccc(F)s3)([C@@H](OC(=O)NC(C)C)C(F)(F)F)C2)cn1. The molecule has 1 aliphatic heterocycles. The number of ether oxygens (including phenoxy) is 1. The van der Waals surface area contributed by atoms with Gasteiger partial charge in [-0.2, -0.15) is 17.6 Å². The molecular formula is C25H33F4N3O2S. The molecule has 2 aromatic heterocycles. The lowest BCUT2D eigenvalue weighted by Crippen LogP contribution is -2.52. The van der Waals surface area contributed by atoms with E-state index in [1.807, 2.05) is 37.8 Å². The van der Waals surface area contributed by atoms with Crippen LogP contribution in [0.2, 0.25) is 0 Å². The standard InChI is InChI=1S/C25H33F4N3O2S/c1-16(2)31-22(33)34-21(25(27,28)29)24(11-10-19-8-9-20(26)35-19)12-13-32(15-24)23(4,5)18-7-6-17(3)30-14-18/h6-9,14,16,21H,10-13,15H2,1-5H3,(H,31,33)/t21-,24?/m1/s1. The van der Waals surface area contributed by atoms with Gasteiger partial charge in [-0.3, -0.25) is 9.88 Å². The van der Waals surface area contributed by atoms with Crippen molar-refractivity contribution in [3.05, 3.63) is 51.7 Å². The van der Waals surface area contributed by atoms with Gasteiger partial charge in [-0.1, -0.05) is 6.07 Å². The molecule has 5 nitrogen and oxygen atoms in total. The number of halogens is 4. The molecule has 3 rings (SSSR count). The lowest BCUT2D eigenvalue weighted by Gasteiger charge is -2.41. The van der Waals surface area contributed by atoms with Crippen LogP contribution in [0.4, 0.5) is 22.4 Å². The number of hydrogen-bond acceptors (Lipinski definition) is 5. The molecule has 3 heterocycles. The van der Waals surface area contributed by atoms with E-state index in [9.17, 15) is 22.4 Å². The maximum atomic E-state index is 14.4. The van der Waals surface area contributed by atoms with Crippen molar-refractivity contribution in [3.63, 3.8) is 0 Å². The molecule has 1 N–H and O–H groups in total. The summed E-state index contributed by atoms with van der Waals surface area (Å²) < 4.78 is 62.0. The average Bonchev–Trinajstić information content (AvgIpc) is 3.37. The summed E-state index contributed by atoms with van der Waals surface area (Å²) in [6, 6.07) is 6.36. The molecule has 2 atom stereocenters. The Morgan fingerprint density at radius 3 is 2.51 bits per heavy atom. The fraction of sp³-hybridized carbons (Fsp3) is 0.600. The van der Waals surface area contributed by atoms with Crippen molar-refractivity contribution in [1.29, 1.82) is 0 Å². The van der Waals surface area contributed by atoms with E-state index in [1.54, 1.807) is 26.1 Å². The topological polar surface area (TPSA) is 54.5 Å². The van der Waals surface area contributed by atoms with Gasteiger partial charge in [0.15, 0.2) is 5.13 Å². The van der Waals surface area contributed by atoms with Crippen LogP contribution >= 0.6 is 11.3 Å². The molecule has 0 radical (unpaired) electrons. The number of likely N-dealkylation sites (tertiary alicyclic amines) is 1. The van der Waals surface area contributed by atoms with Crippen molar-refractivity contribution in [2.45, 2.75) is 77.7 Å². The first-order valence-corrected chi connectivity index (χ1v) is 12.5. The highest BCUT2D eigenvalue weighted by Gasteiger charge is 2.59. The molecule has 10 heteroatoms. The number of nitrogens with one attached hydrogen (secondary N) is 1. The minimum Gasteiger partial charge on any atom is -0.436 e. The Hall–Kier alpha value is -2.20. The Balaban J connectivity index is 1.94. The molecule has 1 fully saturated rings. The molecule has 0 bridgehead atoms. The van der Waals surface area contributed by atoms with E-state index in [2.05, 4.69) is 10.3 Å². The van der Waals surface area contributed by atoms with Crippen LogP contribution in [0.3, 0.4) is 0 Å². The first-order chi connectivity index (χ1) is 16.2. The van der Waals surface area contributed by atoms with Crippen LogP contribution < -0.4 is 5.32 Å². The number of rotatable bonds is 8. The Morgan fingerprint density at radius 2 is 1.97 bits per heavy atom. The van der Waals surface area contributed by atoms with Crippen molar-refractivity contribution < 1.29 is 27.1 Å². The van der Waals surface area contributed by atoms with Crippen LogP contribution in [0.1, 0.15) is 56.7 Å². The van der Waals surface area contributed by atoms with Crippen LogP contribution in [0.5, 0.6) is 0 Å². The third-order valence-corrected chi connectivity index (χ3v) is 7.71. The number of nitrogens with zero attached hydrogens (tertiary/aromatic N) is 2. The van der Waals surface area contributed by atoms with E-state index in [0.717, 1.165) is 22.6 Å². The van der Waals surface area contributed by atoms with Crippen molar-refractivity contribution in [2.75, 3.05) is 13.1 Å². The Kier molecular flexibility index (Phi) is 8.16. The van der Waals surface area contributed by atoms with Gasteiger partial charge in [0.1, 0.15) is 0 Å². The fourth-order valence-corrected chi connectivity index (χ4v) is 5.44. The summed E-state index contributed by atoms with van der Waals surface area (Å²) in [5, 5.41) is 2.03. The van der Waals surface area contributed by atoms with E-state index < -0.39 is 29.3 Å². The van der Waals surface area contributed by atoms with E-state index in [0.29, 0.717) is 11.4 Å². The van der Waals surface area contributed by atoms with Gasteiger partial charge in [-0.25, -0.2) is 4.79 Å². The van der Waals surface area contributed by atoms with Crippen LogP contribution in [-0.4, -0.2) is 47.4 Å². The van der Waals surface area contributed by atoms with Crippen LogP contribution in [0.25, 0.3) is 0 Å². The van der Waals surface area contributed by atoms with Gasteiger partial charge in [0.25, 0.3) is 0 Å². The lowest BCUT2D eigenvalue weighted by atomic mass is 9.76. The first-order valence-electron chi connectivity index (χ1n) is 11.7. The summed E-state index contributed by atoms with van der Waals surface area (Å²) in [5.74, 6) is 0. The van der Waals surface area contributed by atoms with Gasteiger partial charge >= 0.3 is 12.3 Å². The Morgan fingerprint density at radius 1 is 1.26 bits per heavy atom. The van der Waals surface area contributed by atoms with Gasteiger partial charge in [-0.15, -0.1) is 11.3 Å². The van der Waals surface area contributed by atoms with Crippen molar-refractivity contribution in [1.82, 2.24) is 15.2 Å². The zero-order valence-electron chi connectivity index (χ0n) is 20.7. The number of aryl methyl sites for hydroxylation is 2. The molecule has 0 saturated carbocycles. The molecule has 0 spiro atoms. The maximum Gasteiger partial charge on any atom is 0.426 e. The highest BCUT2D eigenvalue weighted by atomic mass is 32.1. The molecule has 0 aliphatic carbocycles. The third-order valence-electron chi connectivity index (χ3n) is 6.78. The Labute approximate surface area is 207 Å². The lowest BCUT2D eigenvalue weighted by molar-refractivity contribution is -0.238. The zero-order chi connectivity index (χ0) is 26.0. The van der Waals surface area contributed by atoms with Gasteiger partial charge in [0, 0.05) is 40.3 Å². The average molecular weight is 516 g/mol. The number of thiophene rings is 1. The second-order valence-electron chi connectivity index (χ2n) is 10.1. The van der Waals surface area contributed by atoms with Crippen molar-refractivity contribution >= 4 is 17.4 Å². The van der Waals surface area contributed by atoms with Crippen molar-refractivity contribution in [3.8, 4) is 0 Å². The number of alkyl carbamates (subject to hydrolysis) is 1. The number of alkyl halides is 3. The summed E-state index contributed by atoms with van der Waals surface area (Å²) >= 11 is 0.926. The summed E-state index contributed by atoms with van der Waals surface area (Å²) in [6.07, 6.45) is -5.86. The molecule has 1 saturated heterocycles. The predicted molar refractivity (Wildman–Crippen MR) is 128 cm³/mol. The summed E-state index contributed by atoms with van der Waals surface area (Å²) in [4.78, 5) is 19.3. The molecule has 2 aromatic rings. The number of aromatic nitrogens is 1.